The van der Waals surface area contributed by atoms with Gasteiger partial charge < -0.3 is 14.1 Å². The number of furan rings is 1. The molecular formula is C19H21N5O3. The van der Waals surface area contributed by atoms with Gasteiger partial charge in [-0.15, -0.1) is 0 Å². The predicted molar refractivity (Wildman–Crippen MR) is 96.1 cm³/mol. The fourth-order valence-corrected chi connectivity index (χ4v) is 4.09. The number of carbonyl (C=O) groups excluding carboxylic acids is 1. The van der Waals surface area contributed by atoms with Crippen molar-refractivity contribution in [2.45, 2.75) is 12.6 Å². The summed E-state index contributed by atoms with van der Waals surface area (Å²) >= 11 is 0. The summed E-state index contributed by atoms with van der Waals surface area (Å²) in [6.45, 7) is 4.30. The third-order valence-electron chi connectivity index (χ3n) is 5.28. The molecule has 2 fully saturated rings. The van der Waals surface area contributed by atoms with E-state index in [0.29, 0.717) is 25.5 Å². The van der Waals surface area contributed by atoms with Crippen molar-refractivity contribution in [3.05, 3.63) is 54.4 Å². The molecule has 2 aliphatic rings. The summed E-state index contributed by atoms with van der Waals surface area (Å²) in [4.78, 5) is 21.7. The first-order chi connectivity index (χ1) is 13.3. The third kappa shape index (κ3) is 3.11. The predicted octanol–water partition coefficient (Wildman–Crippen LogP) is 1.30. The second-order valence-electron chi connectivity index (χ2n) is 7.24. The van der Waals surface area contributed by atoms with Gasteiger partial charge in [0.15, 0.2) is 11.4 Å². The summed E-state index contributed by atoms with van der Waals surface area (Å²) in [7, 11) is 0. The van der Waals surface area contributed by atoms with Gasteiger partial charge in [-0.1, -0.05) is 0 Å². The standard InChI is InChI=1S/C19H21N5O3/c25-19(17-3-1-6-27-17)23-9-14-8-22(11-16(23)13-26-12-14)10-15-7-21-24-5-2-4-20-18(15)24/h1-7,14,16H,8-13H2/t14-,16-/m0/s1. The van der Waals surface area contributed by atoms with Crippen LogP contribution < -0.4 is 0 Å². The molecule has 0 spiro atoms. The van der Waals surface area contributed by atoms with E-state index in [1.165, 1.54) is 6.26 Å². The topological polar surface area (TPSA) is 76.1 Å². The van der Waals surface area contributed by atoms with Gasteiger partial charge in [0, 0.05) is 50.1 Å². The first kappa shape index (κ1) is 16.5. The summed E-state index contributed by atoms with van der Waals surface area (Å²) in [5, 5.41) is 4.38. The molecule has 3 aromatic rings. The second-order valence-corrected chi connectivity index (χ2v) is 7.24. The monoisotopic (exact) mass is 367 g/mol. The number of hydrogen-bond donors (Lipinski definition) is 0. The van der Waals surface area contributed by atoms with Crippen LogP contribution in [0.2, 0.25) is 0 Å². The maximum absolute atomic E-state index is 12.9. The lowest BCUT2D eigenvalue weighted by atomic mass is 10.1. The lowest BCUT2D eigenvalue weighted by molar-refractivity contribution is 0.0411. The van der Waals surface area contributed by atoms with Crippen LogP contribution in [-0.4, -0.2) is 69.2 Å². The van der Waals surface area contributed by atoms with Crippen LogP contribution in [0.1, 0.15) is 16.1 Å². The normalized spacial score (nSPS) is 23.5. The van der Waals surface area contributed by atoms with Crippen LogP contribution in [0.5, 0.6) is 0 Å². The van der Waals surface area contributed by atoms with E-state index in [1.807, 2.05) is 23.4 Å². The Morgan fingerprint density at radius 2 is 2.19 bits per heavy atom. The third-order valence-corrected chi connectivity index (χ3v) is 5.28. The van der Waals surface area contributed by atoms with Crippen LogP contribution in [0.15, 0.2) is 47.5 Å². The van der Waals surface area contributed by atoms with E-state index in [-0.39, 0.29) is 17.9 Å². The Labute approximate surface area is 156 Å². The minimum absolute atomic E-state index is 0.00454. The molecule has 0 radical (unpaired) electrons. The zero-order valence-electron chi connectivity index (χ0n) is 14.9. The summed E-state index contributed by atoms with van der Waals surface area (Å²) in [5.74, 6) is 0.604. The Bertz CT molecular complexity index is 938. The summed E-state index contributed by atoms with van der Waals surface area (Å²) in [5.41, 5.74) is 1.98. The van der Waals surface area contributed by atoms with Crippen LogP contribution in [0.4, 0.5) is 0 Å². The zero-order chi connectivity index (χ0) is 18.2. The van der Waals surface area contributed by atoms with E-state index < -0.39 is 0 Å². The first-order valence-electron chi connectivity index (χ1n) is 9.20. The summed E-state index contributed by atoms with van der Waals surface area (Å²) in [6, 6.07) is 5.35. The van der Waals surface area contributed by atoms with Crippen molar-refractivity contribution in [2.24, 2.45) is 5.92 Å². The summed E-state index contributed by atoms with van der Waals surface area (Å²) in [6.07, 6.45) is 7.11. The number of nitrogens with zero attached hydrogens (tertiary/aromatic N) is 5. The Morgan fingerprint density at radius 3 is 3.07 bits per heavy atom. The van der Waals surface area contributed by atoms with Gasteiger partial charge in [-0.05, 0) is 18.2 Å². The fourth-order valence-electron chi connectivity index (χ4n) is 4.09. The highest BCUT2D eigenvalue weighted by Crippen LogP contribution is 2.23. The molecule has 2 atom stereocenters. The number of hydrogen-bond acceptors (Lipinski definition) is 6. The quantitative estimate of drug-likeness (QED) is 0.694. The molecule has 0 saturated carbocycles. The smallest absolute Gasteiger partial charge is 0.289 e. The van der Waals surface area contributed by atoms with Crippen molar-refractivity contribution in [3.63, 3.8) is 0 Å². The van der Waals surface area contributed by atoms with Crippen molar-refractivity contribution >= 4 is 11.6 Å². The molecule has 5 rings (SSSR count). The minimum Gasteiger partial charge on any atom is -0.459 e. The van der Waals surface area contributed by atoms with E-state index in [2.05, 4.69) is 15.0 Å². The van der Waals surface area contributed by atoms with Crippen molar-refractivity contribution < 1.29 is 13.9 Å². The second kappa shape index (κ2) is 6.79. The van der Waals surface area contributed by atoms with Crippen molar-refractivity contribution in [1.82, 2.24) is 24.4 Å². The molecule has 2 bridgehead atoms. The first-order valence-corrected chi connectivity index (χ1v) is 9.20. The number of aromatic nitrogens is 3. The lowest BCUT2D eigenvalue weighted by Crippen LogP contribution is -2.46. The van der Waals surface area contributed by atoms with Gasteiger partial charge in [0.2, 0.25) is 0 Å². The molecule has 2 aliphatic heterocycles. The molecular weight excluding hydrogens is 346 g/mol. The Morgan fingerprint density at radius 1 is 1.22 bits per heavy atom. The molecule has 140 valence electrons. The minimum atomic E-state index is -0.0556. The van der Waals surface area contributed by atoms with Crippen LogP contribution in [-0.2, 0) is 11.3 Å². The van der Waals surface area contributed by atoms with Crippen molar-refractivity contribution in [1.29, 1.82) is 0 Å². The van der Waals surface area contributed by atoms with Crippen LogP contribution >= 0.6 is 0 Å². The average molecular weight is 367 g/mol. The molecule has 0 unspecified atom stereocenters. The van der Waals surface area contributed by atoms with E-state index >= 15 is 0 Å². The number of fused-ring (bicyclic) bond motifs is 4. The molecule has 0 N–H and O–H groups in total. The van der Waals surface area contributed by atoms with Gasteiger partial charge in [0.1, 0.15) is 0 Å². The highest BCUT2D eigenvalue weighted by molar-refractivity contribution is 5.91. The maximum Gasteiger partial charge on any atom is 0.289 e. The van der Waals surface area contributed by atoms with Crippen LogP contribution in [0.3, 0.4) is 0 Å². The van der Waals surface area contributed by atoms with Crippen LogP contribution in [0, 0.1) is 5.92 Å². The Hall–Kier alpha value is -2.71. The fraction of sp³-hybridized carbons (Fsp3) is 0.421. The Balaban J connectivity index is 1.38. The van der Waals surface area contributed by atoms with E-state index in [9.17, 15) is 4.79 Å². The molecule has 8 nitrogen and oxygen atoms in total. The largest absolute Gasteiger partial charge is 0.459 e. The van der Waals surface area contributed by atoms with Crippen molar-refractivity contribution in [2.75, 3.05) is 32.8 Å². The number of ether oxygens (including phenoxy) is 1. The van der Waals surface area contributed by atoms with Gasteiger partial charge in [0.05, 0.1) is 31.7 Å². The molecule has 2 saturated heterocycles. The molecule has 1 amide bonds. The summed E-state index contributed by atoms with van der Waals surface area (Å²) < 4.78 is 13.0. The van der Waals surface area contributed by atoms with Gasteiger partial charge in [0.25, 0.3) is 5.91 Å². The maximum atomic E-state index is 12.9. The van der Waals surface area contributed by atoms with Crippen molar-refractivity contribution in [3.8, 4) is 0 Å². The lowest BCUT2D eigenvalue weighted by Gasteiger charge is -2.30. The molecule has 8 heteroatoms. The van der Waals surface area contributed by atoms with Gasteiger partial charge in [-0.3, -0.25) is 9.69 Å². The molecule has 3 aromatic heterocycles. The number of carbonyl (C=O) groups is 1. The van der Waals surface area contributed by atoms with E-state index in [4.69, 9.17) is 9.15 Å². The zero-order valence-corrected chi connectivity index (χ0v) is 14.9. The average Bonchev–Trinajstić information content (AvgIpc) is 3.25. The molecule has 5 heterocycles. The number of amides is 1. The van der Waals surface area contributed by atoms with Gasteiger partial charge in [-0.2, -0.15) is 5.10 Å². The Kier molecular flexibility index (Phi) is 4.14. The highest BCUT2D eigenvalue weighted by atomic mass is 16.5. The van der Waals surface area contributed by atoms with E-state index in [1.54, 1.807) is 22.8 Å². The number of rotatable bonds is 3. The van der Waals surface area contributed by atoms with E-state index in [0.717, 1.165) is 30.8 Å². The van der Waals surface area contributed by atoms with Crippen LogP contribution in [0.25, 0.3) is 5.65 Å². The SMILES string of the molecule is O=C(c1ccco1)N1C[C@H]2COC[C@@H]1CN(Cc1cnn3cccnc13)C2. The van der Waals surface area contributed by atoms with Gasteiger partial charge >= 0.3 is 0 Å². The molecule has 0 aromatic carbocycles. The molecule has 27 heavy (non-hydrogen) atoms. The van der Waals surface area contributed by atoms with Gasteiger partial charge in [-0.25, -0.2) is 9.50 Å². The molecule has 0 aliphatic carbocycles. The highest BCUT2D eigenvalue weighted by Gasteiger charge is 2.37.